The number of nitrogens with one attached hydrogen (secondary N) is 2. The van der Waals surface area contributed by atoms with E-state index in [4.69, 9.17) is 0 Å². The summed E-state index contributed by atoms with van der Waals surface area (Å²) in [5.74, 6) is 0. The van der Waals surface area contributed by atoms with Gasteiger partial charge in [0.15, 0.2) is 0 Å². The van der Waals surface area contributed by atoms with Gasteiger partial charge in [0.2, 0.25) is 0 Å². The Morgan fingerprint density at radius 2 is 2.00 bits per heavy atom. The van der Waals surface area contributed by atoms with Crippen LogP contribution in [0.4, 0.5) is 0 Å². The van der Waals surface area contributed by atoms with Crippen molar-refractivity contribution in [1.29, 1.82) is 0 Å². The molecule has 0 aromatic carbocycles. The van der Waals surface area contributed by atoms with Gasteiger partial charge in [-0.25, -0.2) is 0 Å². The van der Waals surface area contributed by atoms with Gasteiger partial charge in [-0.2, -0.15) is 0 Å². The SMILES string of the molecule is COO[NH+]([O-])[I-]C[NH+]([O-])OC. The molecule has 7 nitrogen and oxygen atoms in total. The average molecular weight is 281 g/mol. The van der Waals surface area contributed by atoms with Crippen molar-refractivity contribution in [2.75, 3.05) is 18.8 Å². The van der Waals surface area contributed by atoms with Crippen LogP contribution in [0.5, 0.6) is 0 Å². The number of alkyl halides is 1. The van der Waals surface area contributed by atoms with E-state index < -0.39 is 30.1 Å². The molecule has 0 aliphatic rings. The molecule has 2 atom stereocenters. The van der Waals surface area contributed by atoms with E-state index in [1.807, 2.05) is 0 Å². The number of rotatable bonds is 6. The van der Waals surface area contributed by atoms with Crippen molar-refractivity contribution in [3.63, 3.8) is 0 Å². The van der Waals surface area contributed by atoms with E-state index in [1.165, 1.54) is 14.2 Å². The molecule has 11 heavy (non-hydrogen) atoms. The Balaban J connectivity index is 3.22. The monoisotopic (exact) mass is 281 g/mol. The maximum atomic E-state index is 10.6. The molecule has 0 radical (unpaired) electrons. The number of halogens is 1. The van der Waals surface area contributed by atoms with E-state index in [0.29, 0.717) is 0 Å². The summed E-state index contributed by atoms with van der Waals surface area (Å²) in [6.07, 6.45) is 0. The maximum absolute atomic E-state index is 10.6. The van der Waals surface area contributed by atoms with Gasteiger partial charge < -0.3 is 0 Å². The van der Waals surface area contributed by atoms with E-state index in [-0.39, 0.29) is 4.55 Å². The van der Waals surface area contributed by atoms with E-state index in [1.54, 1.807) is 0 Å². The van der Waals surface area contributed by atoms with Crippen LogP contribution >= 0.6 is 0 Å². The van der Waals surface area contributed by atoms with Crippen LogP contribution in [0.2, 0.25) is 0 Å². The van der Waals surface area contributed by atoms with Gasteiger partial charge in [0.1, 0.15) is 0 Å². The predicted octanol–water partition coefficient (Wildman–Crippen LogP) is -6.23. The molecule has 0 bridgehead atoms. The van der Waals surface area contributed by atoms with Crippen molar-refractivity contribution in [3.8, 4) is 0 Å². The van der Waals surface area contributed by atoms with Crippen molar-refractivity contribution >= 4 is 0 Å². The third-order valence-corrected chi connectivity index (χ3v) is 2.47. The quantitative estimate of drug-likeness (QED) is 0.126. The van der Waals surface area contributed by atoms with Crippen LogP contribution in [-0.4, -0.2) is 18.8 Å². The molecule has 0 spiro atoms. The van der Waals surface area contributed by atoms with Gasteiger partial charge in [0.25, 0.3) is 0 Å². The first-order valence-electron chi connectivity index (χ1n) is 2.61. The zero-order valence-corrected chi connectivity index (χ0v) is 8.28. The Bertz CT molecular complexity index is 95.8. The zero-order chi connectivity index (χ0) is 8.69. The van der Waals surface area contributed by atoms with Gasteiger partial charge in [-0.05, 0) is 0 Å². The predicted molar refractivity (Wildman–Crippen MR) is 28.6 cm³/mol. The molecule has 0 aliphatic heterocycles. The van der Waals surface area contributed by atoms with Crippen LogP contribution in [0.3, 0.4) is 0 Å². The fourth-order valence-corrected chi connectivity index (χ4v) is 1.49. The molecule has 0 aromatic rings. The van der Waals surface area contributed by atoms with Gasteiger partial charge >= 0.3 is 74.0 Å². The topological polar surface area (TPSA) is 82.7 Å². The average Bonchev–Trinajstić information content (AvgIpc) is 2.01. The fraction of sp³-hybridized carbons (Fsp3) is 1.00. The van der Waals surface area contributed by atoms with E-state index in [0.717, 1.165) is 0 Å². The van der Waals surface area contributed by atoms with E-state index in [2.05, 4.69) is 14.7 Å². The van der Waals surface area contributed by atoms with E-state index in [9.17, 15) is 10.4 Å². The molecule has 0 aromatic heterocycles. The summed E-state index contributed by atoms with van der Waals surface area (Å²) in [6, 6.07) is 0. The van der Waals surface area contributed by atoms with Crippen molar-refractivity contribution in [2.24, 2.45) is 0 Å². The fourth-order valence-electron chi connectivity index (χ4n) is 0.251. The van der Waals surface area contributed by atoms with Crippen molar-refractivity contribution < 1.29 is 44.9 Å². The summed E-state index contributed by atoms with van der Waals surface area (Å²) in [7, 11) is 2.51. The second kappa shape index (κ2) is 7.12. The van der Waals surface area contributed by atoms with Gasteiger partial charge in [-0.15, -0.1) is 0 Å². The number of hydrogen-bond acceptors (Lipinski definition) is 5. The van der Waals surface area contributed by atoms with Gasteiger partial charge in [0, 0.05) is 0 Å². The molecular formula is C3H10IN2O5-. The molecule has 0 heterocycles. The van der Waals surface area contributed by atoms with Crippen LogP contribution in [0.25, 0.3) is 0 Å². The van der Waals surface area contributed by atoms with Crippen molar-refractivity contribution in [1.82, 2.24) is 0 Å². The Labute approximate surface area is 74.4 Å². The first-order chi connectivity index (χ1) is 5.20. The van der Waals surface area contributed by atoms with Crippen molar-refractivity contribution in [3.05, 3.63) is 10.4 Å². The minimum absolute atomic E-state index is 0.123. The molecular weight excluding hydrogens is 271 g/mol. The van der Waals surface area contributed by atoms with Crippen LogP contribution in [0.1, 0.15) is 0 Å². The summed E-state index contributed by atoms with van der Waals surface area (Å²) in [4.78, 5) is 12.6. The molecule has 0 rings (SSSR count). The summed E-state index contributed by atoms with van der Waals surface area (Å²) in [5, 5.41) is 20.6. The Morgan fingerprint density at radius 1 is 1.36 bits per heavy atom. The Kier molecular flexibility index (Phi) is 7.41. The summed E-state index contributed by atoms with van der Waals surface area (Å²) in [5.41, 5.74) is 0. The molecule has 2 unspecified atom stereocenters. The number of hydroxylamine groups is 2. The van der Waals surface area contributed by atoms with Crippen LogP contribution in [0.15, 0.2) is 0 Å². The van der Waals surface area contributed by atoms with E-state index >= 15 is 0 Å². The third kappa shape index (κ3) is 6.83. The van der Waals surface area contributed by atoms with Crippen LogP contribution < -0.4 is 30.1 Å². The number of quaternary nitrogens is 2. The second-order valence-electron chi connectivity index (χ2n) is 1.33. The van der Waals surface area contributed by atoms with Crippen LogP contribution in [-0.2, 0) is 14.7 Å². The molecule has 0 saturated carbocycles. The van der Waals surface area contributed by atoms with Crippen molar-refractivity contribution in [2.45, 2.75) is 0 Å². The van der Waals surface area contributed by atoms with Gasteiger partial charge in [0.05, 0.1) is 0 Å². The second-order valence-corrected chi connectivity index (χ2v) is 3.74. The standard InChI is InChI=1S/C3H10IN2O5/c1-9-5(7)3-4-6(8)11-10-2/h5-6H,3H2,1-2H3/q-1. The molecule has 70 valence electrons. The number of hydrogen-bond donors (Lipinski definition) is 2. The van der Waals surface area contributed by atoms with Crippen LogP contribution in [0, 0.1) is 10.4 Å². The molecule has 8 heteroatoms. The molecule has 0 fully saturated rings. The Morgan fingerprint density at radius 3 is 2.45 bits per heavy atom. The summed E-state index contributed by atoms with van der Waals surface area (Å²) in [6.45, 7) is 0. The first-order valence-corrected chi connectivity index (χ1v) is 5.21. The molecule has 0 amide bonds. The molecule has 2 N–H and O–H groups in total. The zero-order valence-electron chi connectivity index (χ0n) is 6.13. The molecule has 0 aliphatic carbocycles. The third-order valence-electron chi connectivity index (χ3n) is 0.662. The summed E-state index contributed by atoms with van der Waals surface area (Å²) < 4.78 is -0.353. The van der Waals surface area contributed by atoms with Gasteiger partial charge in [-0.1, -0.05) is 0 Å². The Hall–Kier alpha value is 0.450. The van der Waals surface area contributed by atoms with Gasteiger partial charge in [-0.3, -0.25) is 0 Å². The summed E-state index contributed by atoms with van der Waals surface area (Å²) >= 11 is -0.952. The minimum atomic E-state index is -0.952. The first kappa shape index (κ1) is 11.4. The normalized spacial score (nSPS) is 16.7. The molecule has 0 saturated heterocycles.